The van der Waals surface area contributed by atoms with E-state index in [0.717, 1.165) is 0 Å². The van der Waals surface area contributed by atoms with Gasteiger partial charge in [0, 0.05) is 14.1 Å². The Bertz CT molecular complexity index is 352. The van der Waals surface area contributed by atoms with E-state index in [1.54, 1.807) is 5.01 Å². The van der Waals surface area contributed by atoms with Gasteiger partial charge in [-0.15, -0.1) is 0 Å². The minimum absolute atomic E-state index is 1.20. The molecule has 1 aromatic rings. The summed E-state index contributed by atoms with van der Waals surface area (Å²) in [6.07, 6.45) is 1.90. The third-order valence-corrected chi connectivity index (χ3v) is 2.31. The van der Waals surface area contributed by atoms with E-state index in [1.165, 1.54) is 22.3 Å². The van der Waals surface area contributed by atoms with Crippen molar-refractivity contribution in [1.29, 1.82) is 0 Å². The fourth-order valence-electron chi connectivity index (χ4n) is 1.30. The Morgan fingerprint density at radius 2 is 1.57 bits per heavy atom. The first-order chi connectivity index (χ1) is 6.50. The topological polar surface area (TPSA) is 15.6 Å². The number of aryl methyl sites for hydroxylation is 3. The molecule has 14 heavy (non-hydrogen) atoms. The Balaban J connectivity index is 3.04. The van der Waals surface area contributed by atoms with Crippen LogP contribution in [0.5, 0.6) is 0 Å². The van der Waals surface area contributed by atoms with Crippen LogP contribution in [0.2, 0.25) is 0 Å². The van der Waals surface area contributed by atoms with Crippen molar-refractivity contribution in [2.45, 2.75) is 20.8 Å². The molecule has 0 atom stereocenters. The predicted molar refractivity (Wildman–Crippen MR) is 61.9 cm³/mol. The Hall–Kier alpha value is -1.31. The van der Waals surface area contributed by atoms with Gasteiger partial charge in [0.2, 0.25) is 0 Å². The Labute approximate surface area is 86.2 Å². The summed E-state index contributed by atoms with van der Waals surface area (Å²) in [5.74, 6) is 0. The lowest BCUT2D eigenvalue weighted by Crippen LogP contribution is -2.02. The minimum atomic E-state index is 1.20. The number of nitrogens with zero attached hydrogens (tertiary/aromatic N) is 2. The number of hydrogen-bond acceptors (Lipinski definition) is 2. The fraction of sp³-hybridized carbons (Fsp3) is 0.417. The SMILES string of the molecule is Cc1cc(C)c(/C=N/N(C)C)cc1C. The van der Waals surface area contributed by atoms with Crippen LogP contribution in [0.3, 0.4) is 0 Å². The molecule has 76 valence electrons. The monoisotopic (exact) mass is 190 g/mol. The maximum atomic E-state index is 4.23. The lowest BCUT2D eigenvalue weighted by Gasteiger charge is -2.07. The minimum Gasteiger partial charge on any atom is -0.303 e. The van der Waals surface area contributed by atoms with Crippen molar-refractivity contribution >= 4 is 6.21 Å². The van der Waals surface area contributed by atoms with Crippen LogP contribution in [0.15, 0.2) is 17.2 Å². The van der Waals surface area contributed by atoms with Crippen LogP contribution in [-0.2, 0) is 0 Å². The zero-order chi connectivity index (χ0) is 10.7. The maximum Gasteiger partial charge on any atom is 0.0545 e. The molecule has 0 aliphatic rings. The van der Waals surface area contributed by atoms with E-state index >= 15 is 0 Å². The number of benzene rings is 1. The van der Waals surface area contributed by atoms with Gasteiger partial charge in [0.05, 0.1) is 6.21 Å². The fourth-order valence-corrected chi connectivity index (χ4v) is 1.30. The van der Waals surface area contributed by atoms with Crippen LogP contribution in [-0.4, -0.2) is 25.3 Å². The zero-order valence-corrected chi connectivity index (χ0v) is 9.63. The van der Waals surface area contributed by atoms with Crippen LogP contribution in [0.1, 0.15) is 22.3 Å². The molecule has 0 saturated carbocycles. The number of hydrazone groups is 1. The molecule has 0 N–H and O–H groups in total. The van der Waals surface area contributed by atoms with Gasteiger partial charge in [-0.3, -0.25) is 0 Å². The van der Waals surface area contributed by atoms with E-state index in [1.807, 2.05) is 20.3 Å². The van der Waals surface area contributed by atoms with E-state index in [9.17, 15) is 0 Å². The lowest BCUT2D eigenvalue weighted by atomic mass is 10.0. The van der Waals surface area contributed by atoms with Gasteiger partial charge in [0.15, 0.2) is 0 Å². The van der Waals surface area contributed by atoms with Crippen molar-refractivity contribution in [2.75, 3.05) is 14.1 Å². The van der Waals surface area contributed by atoms with Gasteiger partial charge >= 0.3 is 0 Å². The maximum absolute atomic E-state index is 4.23. The van der Waals surface area contributed by atoms with Crippen molar-refractivity contribution in [3.8, 4) is 0 Å². The van der Waals surface area contributed by atoms with Gasteiger partial charge in [-0.1, -0.05) is 6.07 Å². The molecule has 0 fully saturated rings. The summed E-state index contributed by atoms with van der Waals surface area (Å²) in [6.45, 7) is 6.38. The smallest absolute Gasteiger partial charge is 0.0545 e. The Morgan fingerprint density at radius 1 is 1.00 bits per heavy atom. The van der Waals surface area contributed by atoms with Crippen molar-refractivity contribution < 1.29 is 0 Å². The van der Waals surface area contributed by atoms with Crippen LogP contribution in [0.4, 0.5) is 0 Å². The van der Waals surface area contributed by atoms with E-state index in [4.69, 9.17) is 0 Å². The first-order valence-electron chi connectivity index (χ1n) is 4.80. The Morgan fingerprint density at radius 3 is 2.14 bits per heavy atom. The molecule has 0 saturated heterocycles. The highest BCUT2D eigenvalue weighted by atomic mass is 15.4. The summed E-state index contributed by atoms with van der Waals surface area (Å²) in [7, 11) is 3.85. The van der Waals surface area contributed by atoms with Gasteiger partial charge in [0.1, 0.15) is 0 Å². The molecule has 1 rings (SSSR count). The molecule has 2 heteroatoms. The normalized spacial score (nSPS) is 10.9. The standard InChI is InChI=1S/C12H18N2/c1-9-6-11(3)12(7-10(9)2)8-13-14(4)5/h6-8H,1-5H3/b13-8+. The highest BCUT2D eigenvalue weighted by Gasteiger charge is 1.99. The molecule has 0 heterocycles. The molecule has 0 aromatic heterocycles. The van der Waals surface area contributed by atoms with Gasteiger partial charge in [0.25, 0.3) is 0 Å². The van der Waals surface area contributed by atoms with Gasteiger partial charge in [-0.05, 0) is 49.1 Å². The Kier molecular flexibility index (Phi) is 3.28. The average molecular weight is 190 g/mol. The van der Waals surface area contributed by atoms with Crippen LogP contribution in [0.25, 0.3) is 0 Å². The molecule has 0 bridgehead atoms. The van der Waals surface area contributed by atoms with E-state index < -0.39 is 0 Å². The van der Waals surface area contributed by atoms with E-state index in [0.29, 0.717) is 0 Å². The van der Waals surface area contributed by atoms with Gasteiger partial charge in [-0.25, -0.2) is 0 Å². The second kappa shape index (κ2) is 4.27. The molecule has 0 aliphatic carbocycles. The van der Waals surface area contributed by atoms with Crippen LogP contribution < -0.4 is 0 Å². The quantitative estimate of drug-likeness (QED) is 0.517. The summed E-state index contributed by atoms with van der Waals surface area (Å²) >= 11 is 0. The van der Waals surface area contributed by atoms with Crippen LogP contribution in [0, 0.1) is 20.8 Å². The summed E-state index contributed by atoms with van der Waals surface area (Å²) in [5.41, 5.74) is 5.13. The third-order valence-electron chi connectivity index (χ3n) is 2.31. The van der Waals surface area contributed by atoms with E-state index in [2.05, 4.69) is 38.0 Å². The highest BCUT2D eigenvalue weighted by molar-refractivity contribution is 5.82. The molecule has 0 spiro atoms. The first-order valence-corrected chi connectivity index (χ1v) is 4.80. The van der Waals surface area contributed by atoms with Crippen molar-refractivity contribution in [3.63, 3.8) is 0 Å². The number of rotatable bonds is 2. The summed E-state index contributed by atoms with van der Waals surface area (Å²) < 4.78 is 0. The number of hydrogen-bond donors (Lipinski definition) is 0. The molecular formula is C12H18N2. The molecule has 0 amide bonds. The van der Waals surface area contributed by atoms with Crippen molar-refractivity contribution in [2.24, 2.45) is 5.10 Å². The summed E-state index contributed by atoms with van der Waals surface area (Å²) in [6, 6.07) is 4.38. The second-order valence-electron chi connectivity index (χ2n) is 3.88. The van der Waals surface area contributed by atoms with Crippen LogP contribution >= 0.6 is 0 Å². The molecule has 0 radical (unpaired) electrons. The predicted octanol–water partition coefficient (Wildman–Crippen LogP) is 2.51. The van der Waals surface area contributed by atoms with Crippen molar-refractivity contribution in [3.05, 3.63) is 34.4 Å². The highest BCUT2D eigenvalue weighted by Crippen LogP contribution is 2.13. The van der Waals surface area contributed by atoms with Gasteiger partial charge in [-0.2, -0.15) is 5.10 Å². The van der Waals surface area contributed by atoms with Crippen molar-refractivity contribution in [1.82, 2.24) is 5.01 Å². The third kappa shape index (κ3) is 2.59. The largest absolute Gasteiger partial charge is 0.303 e. The zero-order valence-electron chi connectivity index (χ0n) is 9.63. The van der Waals surface area contributed by atoms with Gasteiger partial charge < -0.3 is 5.01 Å². The summed E-state index contributed by atoms with van der Waals surface area (Å²) in [4.78, 5) is 0. The van der Waals surface area contributed by atoms with E-state index in [-0.39, 0.29) is 0 Å². The molecule has 2 nitrogen and oxygen atoms in total. The summed E-state index contributed by atoms with van der Waals surface area (Å²) in [5, 5.41) is 6.03. The lowest BCUT2D eigenvalue weighted by molar-refractivity contribution is 0.440. The molecular weight excluding hydrogens is 172 g/mol. The molecule has 0 unspecified atom stereocenters. The molecule has 0 aliphatic heterocycles. The first kappa shape index (κ1) is 10.8. The second-order valence-corrected chi connectivity index (χ2v) is 3.88. The molecule has 1 aromatic carbocycles. The average Bonchev–Trinajstić information content (AvgIpc) is 2.09.